The Balaban J connectivity index is 2.09. The number of rotatable bonds is 5. The van der Waals surface area contributed by atoms with Gasteiger partial charge in [-0.25, -0.2) is 21.9 Å². The van der Waals surface area contributed by atoms with E-state index in [-0.39, 0.29) is 12.6 Å². The van der Waals surface area contributed by atoms with Crippen molar-refractivity contribution in [1.29, 1.82) is 0 Å². The molecule has 0 bridgehead atoms. The lowest BCUT2D eigenvalue weighted by Gasteiger charge is -2.12. The van der Waals surface area contributed by atoms with Gasteiger partial charge in [0.05, 0.1) is 4.90 Å². The molecule has 0 heterocycles. The second kappa shape index (κ2) is 4.91. The topological polar surface area (TPSA) is 72.2 Å². The second-order valence-electron chi connectivity index (χ2n) is 4.46. The van der Waals surface area contributed by atoms with E-state index in [4.69, 9.17) is 5.73 Å². The number of benzene rings is 1. The Morgan fingerprint density at radius 3 is 2.33 bits per heavy atom. The van der Waals surface area contributed by atoms with Gasteiger partial charge in [0.1, 0.15) is 11.6 Å². The molecule has 0 saturated heterocycles. The van der Waals surface area contributed by atoms with Crippen molar-refractivity contribution in [1.82, 2.24) is 4.72 Å². The lowest BCUT2D eigenvalue weighted by atomic mass is 10.2. The van der Waals surface area contributed by atoms with Gasteiger partial charge in [0.2, 0.25) is 10.0 Å². The molecule has 4 nitrogen and oxygen atoms in total. The van der Waals surface area contributed by atoms with Crippen LogP contribution < -0.4 is 10.5 Å². The summed E-state index contributed by atoms with van der Waals surface area (Å²) in [5, 5.41) is 0. The minimum Gasteiger partial charge on any atom is -0.326 e. The molecule has 1 saturated carbocycles. The quantitative estimate of drug-likeness (QED) is 0.842. The highest BCUT2D eigenvalue weighted by atomic mass is 32.2. The van der Waals surface area contributed by atoms with Crippen LogP contribution in [0.25, 0.3) is 0 Å². The Kier molecular flexibility index (Phi) is 3.65. The highest BCUT2D eigenvalue weighted by molar-refractivity contribution is 7.89. The summed E-state index contributed by atoms with van der Waals surface area (Å²) >= 11 is 0. The molecule has 1 unspecified atom stereocenters. The molecule has 0 spiro atoms. The molecule has 1 aliphatic carbocycles. The van der Waals surface area contributed by atoms with Crippen LogP contribution in [0.4, 0.5) is 8.78 Å². The van der Waals surface area contributed by atoms with E-state index in [1.54, 1.807) is 0 Å². The molecular formula is C11H14F2N2O2S. The number of sulfonamides is 1. The minimum absolute atomic E-state index is 0.0745. The fourth-order valence-electron chi connectivity index (χ4n) is 1.66. The number of nitrogens with one attached hydrogen (secondary N) is 1. The Morgan fingerprint density at radius 2 is 1.83 bits per heavy atom. The average molecular weight is 276 g/mol. The summed E-state index contributed by atoms with van der Waals surface area (Å²) in [6.45, 7) is 0.0745. The van der Waals surface area contributed by atoms with E-state index in [1.807, 2.05) is 0 Å². The van der Waals surface area contributed by atoms with Gasteiger partial charge < -0.3 is 5.73 Å². The first-order valence-corrected chi connectivity index (χ1v) is 7.08. The predicted molar refractivity (Wildman–Crippen MR) is 62.2 cm³/mol. The third-order valence-electron chi connectivity index (χ3n) is 2.88. The number of nitrogens with two attached hydrogens (primary N) is 1. The second-order valence-corrected chi connectivity index (χ2v) is 6.23. The first-order valence-electron chi connectivity index (χ1n) is 5.60. The van der Waals surface area contributed by atoms with Crippen molar-refractivity contribution >= 4 is 10.0 Å². The van der Waals surface area contributed by atoms with Crippen LogP contribution in [0.2, 0.25) is 0 Å². The van der Waals surface area contributed by atoms with Gasteiger partial charge in [-0.3, -0.25) is 0 Å². The fourth-order valence-corrected chi connectivity index (χ4v) is 2.78. The van der Waals surface area contributed by atoms with Gasteiger partial charge in [0.25, 0.3) is 0 Å². The fraction of sp³-hybridized carbons (Fsp3) is 0.455. The number of hydrogen-bond acceptors (Lipinski definition) is 3. The lowest BCUT2D eigenvalue weighted by Crippen LogP contribution is -2.38. The van der Waals surface area contributed by atoms with Gasteiger partial charge in [-0.05, 0) is 30.9 Å². The summed E-state index contributed by atoms with van der Waals surface area (Å²) in [5.41, 5.74) is 5.75. The molecular weight excluding hydrogens is 262 g/mol. The van der Waals surface area contributed by atoms with E-state index in [1.165, 1.54) is 0 Å². The normalized spacial score (nSPS) is 17.7. The summed E-state index contributed by atoms with van der Waals surface area (Å²) in [5.74, 6) is -1.51. The van der Waals surface area contributed by atoms with Crippen LogP contribution in [0.1, 0.15) is 12.8 Å². The third kappa shape index (κ3) is 3.24. The van der Waals surface area contributed by atoms with Crippen LogP contribution in [0.5, 0.6) is 0 Å². The molecule has 18 heavy (non-hydrogen) atoms. The summed E-state index contributed by atoms with van der Waals surface area (Å²) in [6, 6.07) is 1.91. The average Bonchev–Trinajstić information content (AvgIpc) is 3.08. The van der Waals surface area contributed by atoms with E-state index < -0.39 is 26.6 Å². The van der Waals surface area contributed by atoms with Crippen LogP contribution in [0, 0.1) is 17.6 Å². The maximum Gasteiger partial charge on any atom is 0.240 e. The van der Waals surface area contributed by atoms with Crippen LogP contribution in [0.15, 0.2) is 23.1 Å². The van der Waals surface area contributed by atoms with Gasteiger partial charge in [-0.1, -0.05) is 0 Å². The largest absolute Gasteiger partial charge is 0.326 e. The van der Waals surface area contributed by atoms with Crippen LogP contribution >= 0.6 is 0 Å². The van der Waals surface area contributed by atoms with Gasteiger partial charge >= 0.3 is 0 Å². The molecule has 0 amide bonds. The Bertz CT molecular complexity index is 524. The van der Waals surface area contributed by atoms with Gasteiger partial charge in [0.15, 0.2) is 0 Å². The molecule has 3 N–H and O–H groups in total. The maximum atomic E-state index is 12.9. The molecule has 1 aliphatic rings. The first kappa shape index (κ1) is 13.4. The maximum absolute atomic E-state index is 12.9. The molecule has 2 rings (SSSR count). The zero-order chi connectivity index (χ0) is 13.3. The Morgan fingerprint density at radius 1 is 1.28 bits per heavy atom. The molecule has 0 radical (unpaired) electrons. The van der Waals surface area contributed by atoms with Crippen molar-refractivity contribution < 1.29 is 17.2 Å². The summed E-state index contributed by atoms with van der Waals surface area (Å²) in [7, 11) is -3.92. The van der Waals surface area contributed by atoms with Crippen molar-refractivity contribution in [2.24, 2.45) is 11.7 Å². The molecule has 1 atom stereocenters. The minimum atomic E-state index is -3.92. The first-order chi connectivity index (χ1) is 8.38. The number of hydrogen-bond donors (Lipinski definition) is 2. The smallest absolute Gasteiger partial charge is 0.240 e. The van der Waals surface area contributed by atoms with E-state index in [2.05, 4.69) is 4.72 Å². The zero-order valence-electron chi connectivity index (χ0n) is 9.57. The van der Waals surface area contributed by atoms with Crippen LogP contribution in [0.3, 0.4) is 0 Å². The van der Waals surface area contributed by atoms with Crippen LogP contribution in [-0.2, 0) is 10.0 Å². The molecule has 1 fully saturated rings. The van der Waals surface area contributed by atoms with Crippen molar-refractivity contribution in [3.63, 3.8) is 0 Å². The standard InChI is InChI=1S/C11H14F2N2O2S/c12-8-3-9(13)5-10(4-8)18(16,17)15-6-11(14)7-1-2-7/h3-5,7,11,15H,1-2,6,14H2. The van der Waals surface area contributed by atoms with Crippen molar-refractivity contribution in [2.45, 2.75) is 23.8 Å². The monoisotopic (exact) mass is 276 g/mol. The molecule has 7 heteroatoms. The van der Waals surface area contributed by atoms with Crippen molar-refractivity contribution in [3.8, 4) is 0 Å². The summed E-state index contributed by atoms with van der Waals surface area (Å²) < 4.78 is 51.7. The molecule has 1 aromatic carbocycles. The van der Waals surface area contributed by atoms with Gasteiger partial charge in [-0.15, -0.1) is 0 Å². The van der Waals surface area contributed by atoms with E-state index in [0.29, 0.717) is 12.0 Å². The van der Waals surface area contributed by atoms with Crippen molar-refractivity contribution in [2.75, 3.05) is 6.54 Å². The lowest BCUT2D eigenvalue weighted by molar-refractivity contribution is 0.542. The number of halogens is 2. The highest BCUT2D eigenvalue weighted by Gasteiger charge is 2.29. The van der Waals surface area contributed by atoms with Crippen molar-refractivity contribution in [3.05, 3.63) is 29.8 Å². The summed E-state index contributed by atoms with van der Waals surface area (Å²) in [6.07, 6.45) is 2.00. The molecule has 0 aliphatic heterocycles. The molecule has 1 aromatic rings. The summed E-state index contributed by atoms with van der Waals surface area (Å²) in [4.78, 5) is -0.428. The van der Waals surface area contributed by atoms with Crippen LogP contribution in [-0.4, -0.2) is 21.0 Å². The Labute approximate surface area is 104 Å². The SMILES string of the molecule is NC(CNS(=O)(=O)c1cc(F)cc(F)c1)C1CC1. The predicted octanol–water partition coefficient (Wildman–Crippen LogP) is 0.980. The van der Waals surface area contributed by atoms with E-state index in [0.717, 1.165) is 25.0 Å². The molecule has 100 valence electrons. The zero-order valence-corrected chi connectivity index (χ0v) is 10.4. The van der Waals surface area contributed by atoms with E-state index in [9.17, 15) is 17.2 Å². The van der Waals surface area contributed by atoms with Gasteiger partial charge in [0, 0.05) is 18.7 Å². The van der Waals surface area contributed by atoms with E-state index >= 15 is 0 Å². The highest BCUT2D eigenvalue weighted by Crippen LogP contribution is 2.31. The third-order valence-corrected chi connectivity index (χ3v) is 4.29. The van der Waals surface area contributed by atoms with Gasteiger partial charge in [-0.2, -0.15) is 0 Å². The molecule has 0 aromatic heterocycles. The Hall–Kier alpha value is -1.05.